The topological polar surface area (TPSA) is 76.8 Å². The van der Waals surface area contributed by atoms with Gasteiger partial charge < -0.3 is 24.2 Å². The molecule has 0 radical (unpaired) electrons. The van der Waals surface area contributed by atoms with Gasteiger partial charge in [-0.1, -0.05) is 5.16 Å². The minimum atomic E-state index is -0.147. The third-order valence-electron chi connectivity index (χ3n) is 5.18. The molecule has 1 amide bonds. The van der Waals surface area contributed by atoms with Gasteiger partial charge in [-0.15, -0.1) is 0 Å². The Kier molecular flexibility index (Phi) is 7.18. The number of nitrogens with zero attached hydrogens (tertiary/aromatic N) is 2. The van der Waals surface area contributed by atoms with Crippen LogP contribution in [0.3, 0.4) is 0 Å². The molecule has 3 aromatic rings. The van der Waals surface area contributed by atoms with Gasteiger partial charge in [-0.05, 0) is 62.7 Å². The lowest BCUT2D eigenvalue weighted by atomic mass is 10.1. The molecule has 7 heteroatoms. The summed E-state index contributed by atoms with van der Waals surface area (Å²) in [7, 11) is 3.16. The molecule has 0 aliphatic heterocycles. The van der Waals surface area contributed by atoms with Crippen molar-refractivity contribution in [3.63, 3.8) is 0 Å². The van der Waals surface area contributed by atoms with E-state index in [2.05, 4.69) is 35.3 Å². The van der Waals surface area contributed by atoms with E-state index in [0.29, 0.717) is 23.0 Å². The van der Waals surface area contributed by atoms with Crippen LogP contribution in [0.25, 0.3) is 11.3 Å². The molecule has 31 heavy (non-hydrogen) atoms. The van der Waals surface area contributed by atoms with Gasteiger partial charge in [0.15, 0.2) is 17.3 Å². The first-order chi connectivity index (χ1) is 15.0. The molecule has 0 fully saturated rings. The summed E-state index contributed by atoms with van der Waals surface area (Å²) in [5, 5.41) is 7.01. The van der Waals surface area contributed by atoms with Crippen LogP contribution in [0.15, 0.2) is 47.0 Å². The fraction of sp³-hybridized carbons (Fsp3) is 0.333. The van der Waals surface area contributed by atoms with Crippen molar-refractivity contribution in [2.24, 2.45) is 0 Å². The van der Waals surface area contributed by atoms with Crippen LogP contribution in [0, 0.1) is 6.92 Å². The average Bonchev–Trinajstić information content (AvgIpc) is 3.24. The summed E-state index contributed by atoms with van der Waals surface area (Å²) in [4.78, 5) is 14.8. The Balaban J connectivity index is 1.68. The number of hydrogen-bond donors (Lipinski definition) is 1. The van der Waals surface area contributed by atoms with Crippen LogP contribution in [0.2, 0.25) is 0 Å². The molecule has 0 aliphatic carbocycles. The van der Waals surface area contributed by atoms with Gasteiger partial charge in [0, 0.05) is 36.1 Å². The van der Waals surface area contributed by atoms with Crippen LogP contribution in [0.5, 0.6) is 11.5 Å². The standard InChI is InChI=1S/C24H29N3O4/c1-6-27(7-2)19-9-10-20(16(3)12-19)25-24(28)15-18-14-22(31-26-18)17-8-11-21(29-4)23(13-17)30-5/h8-14H,6-7,15H2,1-5H3,(H,25,28). The van der Waals surface area contributed by atoms with E-state index in [9.17, 15) is 4.79 Å². The SMILES string of the molecule is CCN(CC)c1ccc(NC(=O)Cc2cc(-c3ccc(OC)c(OC)c3)on2)c(C)c1. The summed E-state index contributed by atoms with van der Waals surface area (Å²) in [6.07, 6.45) is 0.119. The maximum Gasteiger partial charge on any atom is 0.230 e. The molecule has 1 N–H and O–H groups in total. The fourth-order valence-electron chi connectivity index (χ4n) is 3.45. The van der Waals surface area contributed by atoms with E-state index >= 15 is 0 Å². The average molecular weight is 424 g/mol. The third-order valence-corrected chi connectivity index (χ3v) is 5.18. The Morgan fingerprint density at radius 3 is 2.42 bits per heavy atom. The molecule has 0 saturated heterocycles. The highest BCUT2D eigenvalue weighted by Gasteiger charge is 2.14. The van der Waals surface area contributed by atoms with E-state index in [-0.39, 0.29) is 12.3 Å². The van der Waals surface area contributed by atoms with Crippen LogP contribution < -0.4 is 19.7 Å². The normalized spacial score (nSPS) is 10.6. The maximum atomic E-state index is 12.6. The summed E-state index contributed by atoms with van der Waals surface area (Å²) >= 11 is 0. The van der Waals surface area contributed by atoms with Gasteiger partial charge in [0.25, 0.3) is 0 Å². The van der Waals surface area contributed by atoms with Gasteiger partial charge in [-0.3, -0.25) is 4.79 Å². The van der Waals surface area contributed by atoms with E-state index in [1.165, 1.54) is 0 Å². The van der Waals surface area contributed by atoms with Crippen LogP contribution >= 0.6 is 0 Å². The molecule has 0 atom stereocenters. The minimum Gasteiger partial charge on any atom is -0.493 e. The second-order valence-corrected chi connectivity index (χ2v) is 7.15. The van der Waals surface area contributed by atoms with Gasteiger partial charge in [-0.25, -0.2) is 0 Å². The molecule has 3 rings (SSSR count). The Hall–Kier alpha value is -3.48. The molecule has 7 nitrogen and oxygen atoms in total. The van der Waals surface area contributed by atoms with Gasteiger partial charge in [0.1, 0.15) is 0 Å². The lowest BCUT2D eigenvalue weighted by Gasteiger charge is -2.22. The molecule has 0 bridgehead atoms. The summed E-state index contributed by atoms with van der Waals surface area (Å²) in [5.41, 5.74) is 4.31. The van der Waals surface area contributed by atoms with Gasteiger partial charge in [0.05, 0.1) is 26.3 Å². The number of anilines is 2. The smallest absolute Gasteiger partial charge is 0.230 e. The molecule has 0 saturated carbocycles. The Morgan fingerprint density at radius 1 is 1.03 bits per heavy atom. The number of ether oxygens (including phenoxy) is 2. The second-order valence-electron chi connectivity index (χ2n) is 7.15. The number of amides is 1. The largest absolute Gasteiger partial charge is 0.493 e. The zero-order valence-corrected chi connectivity index (χ0v) is 18.7. The number of benzene rings is 2. The molecular weight excluding hydrogens is 394 g/mol. The number of rotatable bonds is 9. The Morgan fingerprint density at radius 2 is 1.77 bits per heavy atom. The van der Waals surface area contributed by atoms with Gasteiger partial charge in [-0.2, -0.15) is 0 Å². The number of aromatic nitrogens is 1. The first-order valence-corrected chi connectivity index (χ1v) is 10.3. The molecule has 1 heterocycles. The van der Waals surface area contributed by atoms with Crippen molar-refractivity contribution in [2.75, 3.05) is 37.5 Å². The van der Waals surface area contributed by atoms with Crippen LogP contribution in [0.1, 0.15) is 25.1 Å². The van der Waals surface area contributed by atoms with Crippen molar-refractivity contribution >= 4 is 17.3 Å². The van der Waals surface area contributed by atoms with Crippen molar-refractivity contribution in [3.05, 3.63) is 53.7 Å². The second kappa shape index (κ2) is 10.0. The summed E-state index contributed by atoms with van der Waals surface area (Å²) in [6.45, 7) is 8.13. The molecule has 0 unspecified atom stereocenters. The van der Waals surface area contributed by atoms with E-state index in [1.54, 1.807) is 26.4 Å². The molecular formula is C24H29N3O4. The summed E-state index contributed by atoms with van der Waals surface area (Å²) in [5.74, 6) is 1.64. The molecule has 1 aromatic heterocycles. The van der Waals surface area contributed by atoms with E-state index < -0.39 is 0 Å². The van der Waals surface area contributed by atoms with Crippen LogP contribution in [-0.2, 0) is 11.2 Å². The van der Waals surface area contributed by atoms with Crippen LogP contribution in [0.4, 0.5) is 11.4 Å². The fourth-order valence-corrected chi connectivity index (χ4v) is 3.45. The number of methoxy groups -OCH3 is 2. The maximum absolute atomic E-state index is 12.6. The number of nitrogens with one attached hydrogen (secondary N) is 1. The van der Waals surface area contributed by atoms with Crippen molar-refractivity contribution in [3.8, 4) is 22.8 Å². The molecule has 2 aromatic carbocycles. The third kappa shape index (κ3) is 5.17. The number of carbonyl (C=O) groups is 1. The van der Waals surface area contributed by atoms with E-state index in [1.807, 2.05) is 31.2 Å². The molecule has 0 spiro atoms. The highest BCUT2D eigenvalue weighted by Crippen LogP contribution is 2.32. The van der Waals surface area contributed by atoms with Crippen LogP contribution in [-0.4, -0.2) is 38.4 Å². The van der Waals surface area contributed by atoms with Gasteiger partial charge in [0.2, 0.25) is 5.91 Å². The Labute approximate surface area is 182 Å². The predicted octanol–water partition coefficient (Wildman–Crippen LogP) is 4.69. The number of carbonyl (C=O) groups excluding carboxylic acids is 1. The Bertz CT molecular complexity index is 1040. The molecule has 164 valence electrons. The van der Waals surface area contributed by atoms with E-state index in [0.717, 1.165) is 35.6 Å². The number of hydrogen-bond acceptors (Lipinski definition) is 6. The highest BCUT2D eigenvalue weighted by atomic mass is 16.5. The predicted molar refractivity (Wildman–Crippen MR) is 122 cm³/mol. The lowest BCUT2D eigenvalue weighted by molar-refractivity contribution is -0.115. The van der Waals surface area contributed by atoms with Crippen molar-refractivity contribution in [1.29, 1.82) is 0 Å². The highest BCUT2D eigenvalue weighted by molar-refractivity contribution is 5.93. The van der Waals surface area contributed by atoms with E-state index in [4.69, 9.17) is 14.0 Å². The van der Waals surface area contributed by atoms with Gasteiger partial charge >= 0.3 is 0 Å². The monoisotopic (exact) mass is 423 g/mol. The quantitative estimate of drug-likeness (QED) is 0.538. The lowest BCUT2D eigenvalue weighted by Crippen LogP contribution is -2.22. The minimum absolute atomic E-state index is 0.119. The summed E-state index contributed by atoms with van der Waals surface area (Å²) < 4.78 is 16.0. The number of aryl methyl sites for hydroxylation is 1. The van der Waals surface area contributed by atoms with Crippen molar-refractivity contribution in [2.45, 2.75) is 27.2 Å². The molecule has 0 aliphatic rings. The zero-order valence-electron chi connectivity index (χ0n) is 18.7. The first-order valence-electron chi connectivity index (χ1n) is 10.3. The van der Waals surface area contributed by atoms with Crippen molar-refractivity contribution < 1.29 is 18.8 Å². The summed E-state index contributed by atoms with van der Waals surface area (Å²) in [6, 6.07) is 13.3. The van der Waals surface area contributed by atoms with Crippen molar-refractivity contribution in [1.82, 2.24) is 5.16 Å². The first kappa shape index (κ1) is 22.2. The zero-order chi connectivity index (χ0) is 22.4.